The van der Waals surface area contributed by atoms with E-state index in [1.807, 2.05) is 39.0 Å². The van der Waals surface area contributed by atoms with E-state index in [1.54, 1.807) is 23.1 Å². The van der Waals surface area contributed by atoms with Crippen LogP contribution in [0.5, 0.6) is 5.75 Å². The average molecular weight is 386 g/mol. The number of hydrogen-bond donors (Lipinski definition) is 1. The normalized spacial score (nSPS) is 14.1. The molecule has 0 aromatic heterocycles. The number of halogens is 1. The van der Waals surface area contributed by atoms with Crippen LogP contribution in [-0.4, -0.2) is 29.6 Å². The summed E-state index contributed by atoms with van der Waals surface area (Å²) in [4.78, 5) is 14.3. The molecule has 0 aliphatic carbocycles. The van der Waals surface area contributed by atoms with Crippen molar-refractivity contribution in [1.82, 2.24) is 10.2 Å². The van der Waals surface area contributed by atoms with Crippen LogP contribution in [0.25, 0.3) is 0 Å². The molecule has 1 heterocycles. The largest absolute Gasteiger partial charge is 0.491 e. The molecule has 1 aliphatic heterocycles. The number of carbonyl (C=O) groups excluding carboxylic acids is 1. The lowest BCUT2D eigenvalue weighted by Gasteiger charge is -2.27. The van der Waals surface area contributed by atoms with E-state index < -0.39 is 0 Å². The molecule has 150 valence electrons. The van der Waals surface area contributed by atoms with Gasteiger partial charge in [-0.15, -0.1) is 0 Å². The molecule has 0 spiro atoms. The Hall–Kier alpha value is -2.60. The van der Waals surface area contributed by atoms with Gasteiger partial charge in [0.25, 0.3) is 0 Å². The first-order chi connectivity index (χ1) is 13.3. The molecule has 5 nitrogen and oxygen atoms in total. The second-order valence-corrected chi connectivity index (χ2v) is 7.98. The van der Waals surface area contributed by atoms with E-state index in [9.17, 15) is 9.18 Å². The van der Waals surface area contributed by atoms with Gasteiger partial charge in [0.05, 0.1) is 26.3 Å². The molecule has 3 rings (SSSR count). The molecular weight excluding hydrogens is 359 g/mol. The zero-order valence-corrected chi connectivity index (χ0v) is 16.6. The Morgan fingerprint density at radius 2 is 2.00 bits per heavy atom. The van der Waals surface area contributed by atoms with Crippen molar-refractivity contribution in [2.24, 2.45) is 0 Å². The van der Waals surface area contributed by atoms with E-state index in [2.05, 4.69) is 5.32 Å². The monoisotopic (exact) mass is 386 g/mol. The third kappa shape index (κ3) is 5.45. The molecule has 2 aromatic rings. The molecule has 0 fully saturated rings. The van der Waals surface area contributed by atoms with Gasteiger partial charge in [0.15, 0.2) is 0 Å². The van der Waals surface area contributed by atoms with Crippen LogP contribution < -0.4 is 10.1 Å². The molecule has 1 aliphatic rings. The van der Waals surface area contributed by atoms with Crippen LogP contribution in [-0.2, 0) is 24.5 Å². The topological polar surface area (TPSA) is 50.8 Å². The van der Waals surface area contributed by atoms with Gasteiger partial charge in [-0.2, -0.15) is 0 Å². The van der Waals surface area contributed by atoms with Crippen molar-refractivity contribution in [2.45, 2.75) is 46.1 Å². The molecular formula is C22H27FN2O3. The first kappa shape index (κ1) is 20.1. The number of fused-ring (bicyclic) bond motifs is 1. The van der Waals surface area contributed by atoms with Crippen LogP contribution in [0.3, 0.4) is 0 Å². The minimum atomic E-state index is -0.296. The molecule has 0 bridgehead atoms. The van der Waals surface area contributed by atoms with Crippen molar-refractivity contribution in [2.75, 3.05) is 13.2 Å². The molecule has 0 atom stereocenters. The smallest absolute Gasteiger partial charge is 0.318 e. The highest BCUT2D eigenvalue weighted by molar-refractivity contribution is 5.75. The van der Waals surface area contributed by atoms with E-state index in [1.165, 1.54) is 6.07 Å². The summed E-state index contributed by atoms with van der Waals surface area (Å²) in [6.45, 7) is 7.88. The Morgan fingerprint density at radius 3 is 2.75 bits per heavy atom. The highest BCUT2D eigenvalue weighted by Gasteiger charge is 2.23. The third-order valence-electron chi connectivity index (χ3n) is 4.36. The van der Waals surface area contributed by atoms with Gasteiger partial charge < -0.3 is 19.7 Å². The van der Waals surface area contributed by atoms with Crippen LogP contribution in [0.1, 0.15) is 37.5 Å². The molecule has 2 aromatic carbocycles. The number of rotatable bonds is 4. The second kappa shape index (κ2) is 8.61. The Kier molecular flexibility index (Phi) is 6.19. The Labute approximate surface area is 165 Å². The van der Waals surface area contributed by atoms with E-state index in [4.69, 9.17) is 9.47 Å². The summed E-state index contributed by atoms with van der Waals surface area (Å²) in [5, 5.41) is 2.99. The number of amides is 2. The highest BCUT2D eigenvalue weighted by Crippen LogP contribution is 2.25. The lowest BCUT2D eigenvalue weighted by molar-refractivity contribution is 0.105. The summed E-state index contributed by atoms with van der Waals surface area (Å²) in [5.41, 5.74) is 2.13. The molecule has 0 unspecified atom stereocenters. The zero-order valence-electron chi connectivity index (χ0n) is 16.6. The molecule has 1 N–H and O–H groups in total. The Balaban J connectivity index is 1.64. The fourth-order valence-corrected chi connectivity index (χ4v) is 3.00. The summed E-state index contributed by atoms with van der Waals surface area (Å²) in [6, 6.07) is 12.3. The van der Waals surface area contributed by atoms with Gasteiger partial charge in [-0.05, 0) is 44.5 Å². The second-order valence-electron chi connectivity index (χ2n) is 7.98. The number of ether oxygens (including phenoxy) is 2. The van der Waals surface area contributed by atoms with E-state index in [-0.39, 0.29) is 24.0 Å². The molecule has 6 heteroatoms. The molecule has 0 radical (unpaired) electrons. The lowest BCUT2D eigenvalue weighted by Crippen LogP contribution is -2.48. The first-order valence-electron chi connectivity index (χ1n) is 9.45. The van der Waals surface area contributed by atoms with Crippen LogP contribution in [0.15, 0.2) is 42.5 Å². The van der Waals surface area contributed by atoms with Crippen molar-refractivity contribution in [3.63, 3.8) is 0 Å². The summed E-state index contributed by atoms with van der Waals surface area (Å²) in [7, 11) is 0. The van der Waals surface area contributed by atoms with Gasteiger partial charge in [0.1, 0.15) is 18.2 Å². The maximum Gasteiger partial charge on any atom is 0.318 e. The SMILES string of the molecule is CC(C)(C)NC(=O)N1CCOc2ccc(COCc3ccccc3F)cc2C1. The Morgan fingerprint density at radius 1 is 1.21 bits per heavy atom. The van der Waals surface area contributed by atoms with E-state index >= 15 is 0 Å². The molecule has 28 heavy (non-hydrogen) atoms. The maximum atomic E-state index is 13.7. The van der Waals surface area contributed by atoms with Crippen LogP contribution in [0.2, 0.25) is 0 Å². The van der Waals surface area contributed by atoms with Crippen molar-refractivity contribution >= 4 is 6.03 Å². The predicted octanol–water partition coefficient (Wildman–Crippen LogP) is 4.25. The van der Waals surface area contributed by atoms with Crippen molar-refractivity contribution in [3.05, 3.63) is 65.0 Å². The molecule has 0 saturated heterocycles. The van der Waals surface area contributed by atoms with Gasteiger partial charge in [-0.25, -0.2) is 9.18 Å². The predicted molar refractivity (Wildman–Crippen MR) is 106 cm³/mol. The highest BCUT2D eigenvalue weighted by atomic mass is 19.1. The zero-order chi connectivity index (χ0) is 20.1. The Bertz CT molecular complexity index is 833. The quantitative estimate of drug-likeness (QED) is 0.855. The van der Waals surface area contributed by atoms with Gasteiger partial charge in [-0.1, -0.05) is 24.3 Å². The van der Waals surface area contributed by atoms with Crippen LogP contribution in [0, 0.1) is 5.82 Å². The molecule has 2 amide bonds. The number of hydrogen-bond acceptors (Lipinski definition) is 3. The standard InChI is InChI=1S/C22H27FN2O3/c1-22(2,3)24-21(26)25-10-11-28-20-9-8-16(12-18(20)13-25)14-27-15-17-6-4-5-7-19(17)23/h4-9,12H,10-11,13-15H2,1-3H3,(H,24,26). The third-order valence-corrected chi connectivity index (χ3v) is 4.36. The maximum absolute atomic E-state index is 13.7. The summed E-state index contributed by atoms with van der Waals surface area (Å²) in [5.74, 6) is 0.516. The van der Waals surface area contributed by atoms with Gasteiger partial charge in [0.2, 0.25) is 0 Å². The number of benzene rings is 2. The lowest BCUT2D eigenvalue weighted by atomic mass is 10.1. The van der Waals surface area contributed by atoms with Crippen molar-refractivity contribution in [3.8, 4) is 5.75 Å². The van der Waals surface area contributed by atoms with Gasteiger partial charge in [-0.3, -0.25) is 0 Å². The summed E-state index contributed by atoms with van der Waals surface area (Å²) < 4.78 is 25.1. The fraction of sp³-hybridized carbons (Fsp3) is 0.409. The number of urea groups is 1. The first-order valence-corrected chi connectivity index (χ1v) is 9.45. The number of carbonyl (C=O) groups is 1. The minimum Gasteiger partial charge on any atom is -0.491 e. The summed E-state index contributed by atoms with van der Waals surface area (Å²) in [6.07, 6.45) is 0. The van der Waals surface area contributed by atoms with Gasteiger partial charge >= 0.3 is 6.03 Å². The van der Waals surface area contributed by atoms with Crippen LogP contribution >= 0.6 is 0 Å². The van der Waals surface area contributed by atoms with E-state index in [0.717, 1.165) is 16.9 Å². The van der Waals surface area contributed by atoms with Gasteiger partial charge in [0, 0.05) is 16.7 Å². The van der Waals surface area contributed by atoms with Crippen molar-refractivity contribution in [1.29, 1.82) is 0 Å². The minimum absolute atomic E-state index is 0.106. The molecule has 0 saturated carbocycles. The number of nitrogens with one attached hydrogen (secondary N) is 1. The fourth-order valence-electron chi connectivity index (χ4n) is 3.00. The average Bonchev–Trinajstić information content (AvgIpc) is 2.84. The van der Waals surface area contributed by atoms with Crippen molar-refractivity contribution < 1.29 is 18.7 Å². The van der Waals surface area contributed by atoms with E-state index in [0.29, 0.717) is 31.9 Å². The van der Waals surface area contributed by atoms with Crippen LogP contribution in [0.4, 0.5) is 9.18 Å². The number of nitrogens with zero attached hydrogens (tertiary/aromatic N) is 1. The summed E-state index contributed by atoms with van der Waals surface area (Å²) >= 11 is 0.